The van der Waals surface area contributed by atoms with Crippen LogP contribution in [0.15, 0.2) is 18.2 Å². The van der Waals surface area contributed by atoms with Crippen LogP contribution in [0.3, 0.4) is 0 Å². The van der Waals surface area contributed by atoms with Crippen molar-refractivity contribution >= 4 is 21.2 Å². The molecule has 0 radical (unpaired) electrons. The fraction of sp³-hybridized carbons (Fsp3) is 0.455. The number of hydrogen-bond acceptors (Lipinski definition) is 5. The maximum Gasteiger partial charge on any atom is 0.151 e. The molecule has 0 unspecified atom stereocenters. The summed E-state index contributed by atoms with van der Waals surface area (Å²) in [6.45, 7) is 1.97. The number of nitrogens with one attached hydrogen (secondary N) is 1. The van der Waals surface area contributed by atoms with Gasteiger partial charge in [-0.2, -0.15) is 0 Å². The maximum absolute atomic E-state index is 11.3. The highest BCUT2D eigenvalue weighted by molar-refractivity contribution is 7.91. The minimum absolute atomic E-state index is 0.0974. The Morgan fingerprint density at radius 2 is 2.12 bits per heavy atom. The lowest BCUT2D eigenvalue weighted by Crippen LogP contribution is -2.17. The summed E-state index contributed by atoms with van der Waals surface area (Å²) in [5.74, 6) is 0.933. The molecule has 6 heteroatoms. The standard InChI is InChI=1S/C11H18N2O3S/c1-3-17(14,15)7-6-13-11-8-9(16-2)4-5-10(11)12/h4-5,8,13H,3,6-7,12H2,1-2H3. The lowest BCUT2D eigenvalue weighted by molar-refractivity contribution is 0.415. The van der Waals surface area contributed by atoms with Gasteiger partial charge in [0.2, 0.25) is 0 Å². The number of hydrogen-bond donors (Lipinski definition) is 2. The molecule has 1 aromatic rings. The first-order valence-corrected chi connectivity index (χ1v) is 7.18. The van der Waals surface area contributed by atoms with Crippen LogP contribution >= 0.6 is 0 Å². The topological polar surface area (TPSA) is 81.4 Å². The van der Waals surface area contributed by atoms with Crippen molar-refractivity contribution < 1.29 is 13.2 Å². The van der Waals surface area contributed by atoms with Gasteiger partial charge >= 0.3 is 0 Å². The van der Waals surface area contributed by atoms with E-state index in [1.54, 1.807) is 32.2 Å². The van der Waals surface area contributed by atoms with Gasteiger partial charge in [0, 0.05) is 18.4 Å². The molecule has 0 saturated heterocycles. The highest BCUT2D eigenvalue weighted by Gasteiger charge is 2.07. The number of benzene rings is 1. The number of rotatable bonds is 6. The van der Waals surface area contributed by atoms with Crippen molar-refractivity contribution in [1.82, 2.24) is 0 Å². The molecule has 0 aliphatic carbocycles. The van der Waals surface area contributed by atoms with E-state index in [4.69, 9.17) is 10.5 Å². The molecule has 5 nitrogen and oxygen atoms in total. The molecule has 0 fully saturated rings. The van der Waals surface area contributed by atoms with Crippen LogP contribution in [-0.4, -0.2) is 33.6 Å². The SMILES string of the molecule is CCS(=O)(=O)CCNc1cc(OC)ccc1N. The van der Waals surface area contributed by atoms with Crippen LogP contribution in [0.4, 0.5) is 11.4 Å². The van der Waals surface area contributed by atoms with E-state index in [1.165, 1.54) is 0 Å². The van der Waals surface area contributed by atoms with Crippen LogP contribution in [0.5, 0.6) is 5.75 Å². The highest BCUT2D eigenvalue weighted by Crippen LogP contribution is 2.23. The van der Waals surface area contributed by atoms with E-state index in [2.05, 4.69) is 5.32 Å². The third kappa shape index (κ3) is 4.14. The lowest BCUT2D eigenvalue weighted by Gasteiger charge is -2.10. The van der Waals surface area contributed by atoms with Crippen molar-refractivity contribution in [2.45, 2.75) is 6.92 Å². The van der Waals surface area contributed by atoms with Crippen LogP contribution in [0, 0.1) is 0 Å². The van der Waals surface area contributed by atoms with E-state index in [-0.39, 0.29) is 11.5 Å². The predicted molar refractivity (Wildman–Crippen MR) is 70.2 cm³/mol. The van der Waals surface area contributed by atoms with Gasteiger partial charge < -0.3 is 15.8 Å². The molecule has 0 spiro atoms. The summed E-state index contributed by atoms with van der Waals surface area (Å²) < 4.78 is 27.7. The average Bonchev–Trinajstić information content (AvgIpc) is 2.31. The Bertz CT molecular complexity index is 472. The molecular weight excluding hydrogens is 240 g/mol. The average molecular weight is 258 g/mol. The minimum atomic E-state index is -2.95. The van der Waals surface area contributed by atoms with Crippen molar-refractivity contribution in [3.8, 4) is 5.75 Å². The summed E-state index contributed by atoms with van der Waals surface area (Å²) >= 11 is 0. The van der Waals surface area contributed by atoms with Crippen molar-refractivity contribution in [3.05, 3.63) is 18.2 Å². The normalized spacial score (nSPS) is 11.2. The summed E-state index contributed by atoms with van der Waals surface area (Å²) in [5.41, 5.74) is 7.02. The van der Waals surface area contributed by atoms with Gasteiger partial charge in [-0.15, -0.1) is 0 Å². The molecular formula is C11H18N2O3S. The van der Waals surface area contributed by atoms with E-state index >= 15 is 0 Å². The number of methoxy groups -OCH3 is 1. The first kappa shape index (κ1) is 13.6. The lowest BCUT2D eigenvalue weighted by atomic mass is 10.2. The third-order valence-corrected chi connectivity index (χ3v) is 4.13. The van der Waals surface area contributed by atoms with Crippen LogP contribution in [-0.2, 0) is 9.84 Å². The molecule has 0 saturated carbocycles. The Balaban J connectivity index is 2.63. The van der Waals surface area contributed by atoms with Crippen molar-refractivity contribution in [2.75, 3.05) is 36.2 Å². The summed E-state index contributed by atoms with van der Waals surface area (Å²) in [4.78, 5) is 0. The van der Waals surface area contributed by atoms with Crippen molar-refractivity contribution in [2.24, 2.45) is 0 Å². The van der Waals surface area contributed by atoms with Gasteiger partial charge in [-0.05, 0) is 12.1 Å². The van der Waals surface area contributed by atoms with E-state index in [0.29, 0.717) is 23.7 Å². The number of nitrogens with two attached hydrogens (primary N) is 1. The summed E-state index contributed by atoms with van der Waals surface area (Å²) in [6.07, 6.45) is 0. The van der Waals surface area contributed by atoms with Crippen LogP contribution in [0.25, 0.3) is 0 Å². The Labute approximate surface area is 102 Å². The Morgan fingerprint density at radius 1 is 1.41 bits per heavy atom. The molecule has 0 aliphatic rings. The van der Waals surface area contributed by atoms with E-state index in [1.807, 2.05) is 0 Å². The third-order valence-electron chi connectivity index (χ3n) is 2.43. The first-order chi connectivity index (χ1) is 7.98. The molecule has 0 aliphatic heterocycles. The molecule has 0 atom stereocenters. The van der Waals surface area contributed by atoms with Gasteiger partial charge in [-0.25, -0.2) is 8.42 Å². The van der Waals surface area contributed by atoms with Crippen molar-refractivity contribution in [3.63, 3.8) is 0 Å². The van der Waals surface area contributed by atoms with E-state index < -0.39 is 9.84 Å². The number of anilines is 2. The van der Waals surface area contributed by atoms with Crippen LogP contribution < -0.4 is 15.8 Å². The van der Waals surface area contributed by atoms with Gasteiger partial charge in [0.05, 0.1) is 24.2 Å². The smallest absolute Gasteiger partial charge is 0.151 e. The second kappa shape index (κ2) is 5.77. The fourth-order valence-corrected chi connectivity index (χ4v) is 2.00. The van der Waals surface area contributed by atoms with Crippen LogP contribution in [0.2, 0.25) is 0 Å². The van der Waals surface area contributed by atoms with Gasteiger partial charge in [0.15, 0.2) is 9.84 Å². The van der Waals surface area contributed by atoms with Gasteiger partial charge in [0.25, 0.3) is 0 Å². The first-order valence-electron chi connectivity index (χ1n) is 5.36. The molecule has 3 N–H and O–H groups in total. The van der Waals surface area contributed by atoms with Crippen molar-refractivity contribution in [1.29, 1.82) is 0 Å². The molecule has 96 valence electrons. The van der Waals surface area contributed by atoms with Crippen LogP contribution in [0.1, 0.15) is 6.92 Å². The predicted octanol–water partition coefficient (Wildman–Crippen LogP) is 1.12. The van der Waals surface area contributed by atoms with Gasteiger partial charge in [-0.1, -0.05) is 6.92 Å². The highest BCUT2D eigenvalue weighted by atomic mass is 32.2. The Morgan fingerprint density at radius 3 is 2.71 bits per heavy atom. The zero-order chi connectivity index (χ0) is 12.9. The maximum atomic E-state index is 11.3. The summed E-state index contributed by atoms with van der Waals surface area (Å²) in [7, 11) is -1.39. The Kier molecular flexibility index (Phi) is 4.62. The van der Waals surface area contributed by atoms with E-state index in [0.717, 1.165) is 0 Å². The summed E-state index contributed by atoms with van der Waals surface area (Å²) in [6, 6.07) is 5.21. The molecule has 0 bridgehead atoms. The monoisotopic (exact) mass is 258 g/mol. The number of sulfone groups is 1. The second-order valence-electron chi connectivity index (χ2n) is 3.62. The molecule has 0 aromatic heterocycles. The molecule has 1 rings (SSSR count). The summed E-state index contributed by atoms with van der Waals surface area (Å²) in [5, 5.41) is 2.99. The largest absolute Gasteiger partial charge is 0.497 e. The molecule has 0 amide bonds. The number of ether oxygens (including phenoxy) is 1. The fourth-order valence-electron chi connectivity index (χ4n) is 1.30. The van der Waals surface area contributed by atoms with Gasteiger partial charge in [0.1, 0.15) is 5.75 Å². The Hall–Kier alpha value is -1.43. The zero-order valence-corrected chi connectivity index (χ0v) is 10.9. The second-order valence-corrected chi connectivity index (χ2v) is 6.09. The minimum Gasteiger partial charge on any atom is -0.497 e. The van der Waals surface area contributed by atoms with Gasteiger partial charge in [-0.3, -0.25) is 0 Å². The zero-order valence-electron chi connectivity index (χ0n) is 10.1. The number of nitrogen functional groups attached to an aromatic ring is 1. The van der Waals surface area contributed by atoms with E-state index in [9.17, 15) is 8.42 Å². The molecule has 1 aromatic carbocycles. The molecule has 0 heterocycles. The quantitative estimate of drug-likeness (QED) is 0.747. The molecule has 17 heavy (non-hydrogen) atoms.